The van der Waals surface area contributed by atoms with Crippen molar-refractivity contribution in [3.05, 3.63) is 59.9 Å². The van der Waals surface area contributed by atoms with Crippen LogP contribution in [0.5, 0.6) is 5.75 Å². The zero-order valence-electron chi connectivity index (χ0n) is 16.3. The van der Waals surface area contributed by atoms with E-state index in [1.165, 1.54) is 16.4 Å². The van der Waals surface area contributed by atoms with E-state index in [9.17, 15) is 17.6 Å². The van der Waals surface area contributed by atoms with Gasteiger partial charge < -0.3 is 9.64 Å². The van der Waals surface area contributed by atoms with Crippen LogP contribution in [0.2, 0.25) is 0 Å². The molecule has 6 nitrogen and oxygen atoms in total. The second-order valence-electron chi connectivity index (χ2n) is 6.24. The molecule has 0 saturated heterocycles. The van der Waals surface area contributed by atoms with Crippen molar-refractivity contribution in [1.82, 2.24) is 4.90 Å². The largest absolute Gasteiger partial charge is 0.484 e. The Bertz CT molecular complexity index is 879. The van der Waals surface area contributed by atoms with Gasteiger partial charge in [0, 0.05) is 13.1 Å². The molecule has 0 N–H and O–H groups in total. The summed E-state index contributed by atoms with van der Waals surface area (Å²) in [5.74, 6) is -0.0157. The number of sulfonamides is 1. The smallest absolute Gasteiger partial charge is 0.260 e. The second kappa shape index (κ2) is 9.54. The summed E-state index contributed by atoms with van der Waals surface area (Å²) in [5.41, 5.74) is 1.12. The molecule has 0 aliphatic rings. The molecule has 0 heterocycles. The van der Waals surface area contributed by atoms with Crippen LogP contribution in [-0.2, 0) is 21.4 Å². The SMILES string of the molecule is CCN(CC)C(=O)COc1ccc(N(Cc2ccc(F)cc2)S(C)(=O)=O)cc1. The summed E-state index contributed by atoms with van der Waals surface area (Å²) in [4.78, 5) is 13.7. The molecule has 0 fully saturated rings. The minimum atomic E-state index is -3.54. The van der Waals surface area contributed by atoms with Crippen LogP contribution in [0.1, 0.15) is 19.4 Å². The molecule has 0 radical (unpaired) electrons. The molecule has 2 aromatic carbocycles. The molecule has 1 amide bonds. The van der Waals surface area contributed by atoms with Gasteiger partial charge in [0.15, 0.2) is 6.61 Å². The van der Waals surface area contributed by atoms with E-state index >= 15 is 0 Å². The van der Waals surface area contributed by atoms with Crippen LogP contribution in [0, 0.1) is 5.82 Å². The van der Waals surface area contributed by atoms with Crippen LogP contribution >= 0.6 is 0 Å². The number of benzene rings is 2. The van der Waals surface area contributed by atoms with E-state index in [1.807, 2.05) is 13.8 Å². The molecule has 0 aliphatic heterocycles. The fraction of sp³-hybridized carbons (Fsp3) is 0.350. The van der Waals surface area contributed by atoms with Gasteiger partial charge in [-0.05, 0) is 55.8 Å². The normalized spacial score (nSPS) is 11.1. The van der Waals surface area contributed by atoms with Gasteiger partial charge in [-0.25, -0.2) is 12.8 Å². The van der Waals surface area contributed by atoms with Gasteiger partial charge >= 0.3 is 0 Å². The lowest BCUT2D eigenvalue weighted by Gasteiger charge is -2.23. The van der Waals surface area contributed by atoms with E-state index in [0.717, 1.165) is 6.26 Å². The van der Waals surface area contributed by atoms with Crippen molar-refractivity contribution in [3.8, 4) is 5.75 Å². The fourth-order valence-corrected chi connectivity index (χ4v) is 3.57. The number of carbonyl (C=O) groups is 1. The highest BCUT2D eigenvalue weighted by atomic mass is 32.2. The van der Waals surface area contributed by atoms with Gasteiger partial charge in [0.2, 0.25) is 10.0 Å². The maximum absolute atomic E-state index is 13.1. The van der Waals surface area contributed by atoms with Crippen molar-refractivity contribution in [2.75, 3.05) is 30.3 Å². The Balaban J connectivity index is 2.11. The standard InChI is InChI=1S/C20H25FN2O4S/c1-4-22(5-2)20(24)15-27-19-12-10-18(11-13-19)23(28(3,25)26)14-16-6-8-17(21)9-7-16/h6-13H,4-5,14-15H2,1-3H3. The van der Waals surface area contributed by atoms with Crippen LogP contribution in [-0.4, -0.2) is 45.2 Å². The van der Waals surface area contributed by atoms with E-state index in [0.29, 0.717) is 30.1 Å². The van der Waals surface area contributed by atoms with E-state index in [4.69, 9.17) is 4.74 Å². The summed E-state index contributed by atoms with van der Waals surface area (Å²) in [5, 5.41) is 0. The summed E-state index contributed by atoms with van der Waals surface area (Å²) >= 11 is 0. The van der Waals surface area contributed by atoms with Gasteiger partial charge in [-0.2, -0.15) is 0 Å². The fourth-order valence-electron chi connectivity index (χ4n) is 2.68. The maximum Gasteiger partial charge on any atom is 0.260 e. The van der Waals surface area contributed by atoms with E-state index in [2.05, 4.69) is 0 Å². The Morgan fingerprint density at radius 3 is 2.07 bits per heavy atom. The van der Waals surface area contributed by atoms with Crippen LogP contribution in [0.3, 0.4) is 0 Å². The van der Waals surface area contributed by atoms with Crippen molar-refractivity contribution < 1.29 is 22.3 Å². The van der Waals surface area contributed by atoms with E-state index in [-0.39, 0.29) is 24.9 Å². The Hall–Kier alpha value is -2.61. The van der Waals surface area contributed by atoms with Gasteiger partial charge in [-0.1, -0.05) is 12.1 Å². The molecule has 2 rings (SSSR count). The average molecular weight is 408 g/mol. The number of rotatable bonds is 9. The number of halogens is 1. The zero-order chi connectivity index (χ0) is 20.7. The predicted molar refractivity (Wildman–Crippen MR) is 107 cm³/mol. The van der Waals surface area contributed by atoms with Gasteiger partial charge in [-0.3, -0.25) is 9.10 Å². The van der Waals surface area contributed by atoms with Crippen LogP contribution in [0.15, 0.2) is 48.5 Å². The van der Waals surface area contributed by atoms with Crippen molar-refractivity contribution >= 4 is 21.6 Å². The number of amides is 1. The molecule has 0 spiro atoms. The number of hydrogen-bond acceptors (Lipinski definition) is 4. The Morgan fingerprint density at radius 2 is 1.57 bits per heavy atom. The van der Waals surface area contributed by atoms with Gasteiger partial charge in [0.05, 0.1) is 18.5 Å². The highest BCUT2D eigenvalue weighted by Crippen LogP contribution is 2.24. The first-order valence-electron chi connectivity index (χ1n) is 8.97. The number of nitrogens with zero attached hydrogens (tertiary/aromatic N) is 2. The number of carbonyl (C=O) groups excluding carboxylic acids is 1. The monoisotopic (exact) mass is 408 g/mol. The first kappa shape index (κ1) is 21.7. The number of likely N-dealkylation sites (N-methyl/N-ethyl adjacent to an activating group) is 1. The minimum absolute atomic E-state index is 0.0770. The summed E-state index contributed by atoms with van der Waals surface area (Å²) in [6, 6.07) is 12.1. The molecule has 0 bridgehead atoms. The van der Waals surface area contributed by atoms with Crippen molar-refractivity contribution in [1.29, 1.82) is 0 Å². The molecule has 152 valence electrons. The van der Waals surface area contributed by atoms with Crippen LogP contribution in [0.25, 0.3) is 0 Å². The molecule has 0 saturated carbocycles. The third kappa shape index (κ3) is 5.95. The lowest BCUT2D eigenvalue weighted by molar-refractivity contribution is -0.132. The van der Waals surface area contributed by atoms with Gasteiger partial charge in [0.25, 0.3) is 5.91 Å². The van der Waals surface area contributed by atoms with E-state index in [1.54, 1.807) is 41.3 Å². The Morgan fingerprint density at radius 1 is 1.00 bits per heavy atom. The number of anilines is 1. The van der Waals surface area contributed by atoms with Gasteiger partial charge in [0.1, 0.15) is 11.6 Å². The molecule has 0 aromatic heterocycles. The van der Waals surface area contributed by atoms with E-state index < -0.39 is 10.0 Å². The summed E-state index contributed by atoms with van der Waals surface area (Å²) in [7, 11) is -3.54. The molecule has 8 heteroatoms. The summed E-state index contributed by atoms with van der Waals surface area (Å²) in [6.07, 6.45) is 1.11. The van der Waals surface area contributed by atoms with Crippen molar-refractivity contribution in [2.45, 2.75) is 20.4 Å². The topological polar surface area (TPSA) is 66.9 Å². The average Bonchev–Trinajstić information content (AvgIpc) is 2.66. The van der Waals surface area contributed by atoms with Crippen molar-refractivity contribution in [3.63, 3.8) is 0 Å². The van der Waals surface area contributed by atoms with Crippen LogP contribution < -0.4 is 9.04 Å². The lowest BCUT2D eigenvalue weighted by Crippen LogP contribution is -2.34. The minimum Gasteiger partial charge on any atom is -0.484 e. The molecule has 0 aliphatic carbocycles. The highest BCUT2D eigenvalue weighted by molar-refractivity contribution is 7.92. The number of ether oxygens (including phenoxy) is 1. The first-order chi connectivity index (χ1) is 13.2. The Labute approximate surface area is 165 Å². The van der Waals surface area contributed by atoms with Gasteiger partial charge in [-0.15, -0.1) is 0 Å². The molecule has 0 atom stereocenters. The molecule has 0 unspecified atom stereocenters. The number of hydrogen-bond donors (Lipinski definition) is 0. The zero-order valence-corrected chi connectivity index (χ0v) is 17.1. The van der Waals surface area contributed by atoms with Crippen LogP contribution in [0.4, 0.5) is 10.1 Å². The summed E-state index contributed by atoms with van der Waals surface area (Å²) < 4.78 is 44.2. The molecule has 2 aromatic rings. The molecular weight excluding hydrogens is 383 g/mol. The third-order valence-electron chi connectivity index (χ3n) is 4.24. The third-order valence-corrected chi connectivity index (χ3v) is 5.38. The quantitative estimate of drug-likeness (QED) is 0.640. The summed E-state index contributed by atoms with van der Waals surface area (Å²) in [6.45, 7) is 5.04. The Kier molecular flexibility index (Phi) is 7.39. The lowest BCUT2D eigenvalue weighted by atomic mass is 10.2. The van der Waals surface area contributed by atoms with Crippen molar-refractivity contribution in [2.24, 2.45) is 0 Å². The maximum atomic E-state index is 13.1. The first-order valence-corrected chi connectivity index (χ1v) is 10.8. The molecule has 28 heavy (non-hydrogen) atoms. The second-order valence-corrected chi connectivity index (χ2v) is 8.15. The highest BCUT2D eigenvalue weighted by Gasteiger charge is 2.18. The molecular formula is C20H25FN2O4S. The predicted octanol–water partition coefficient (Wildman–Crippen LogP) is 3.04.